The van der Waals surface area contributed by atoms with E-state index in [0.29, 0.717) is 19.0 Å². The Morgan fingerprint density at radius 1 is 1.29 bits per heavy atom. The molecule has 118 valence electrons. The highest BCUT2D eigenvalue weighted by molar-refractivity contribution is 5.69. The lowest BCUT2D eigenvalue weighted by molar-refractivity contribution is -0.383. The summed E-state index contributed by atoms with van der Waals surface area (Å²) in [5, 5.41) is 17.3. The summed E-state index contributed by atoms with van der Waals surface area (Å²) >= 11 is 0. The zero-order valence-corrected chi connectivity index (χ0v) is 13.4. The number of rotatable bonds is 7. The van der Waals surface area contributed by atoms with Crippen molar-refractivity contribution in [2.45, 2.75) is 41.0 Å². The van der Waals surface area contributed by atoms with Gasteiger partial charge in [-0.2, -0.15) is 0 Å². The molecule has 0 aliphatic rings. The molecule has 1 atom stereocenters. The van der Waals surface area contributed by atoms with E-state index >= 15 is 0 Å². The molecule has 0 saturated carbocycles. The van der Waals surface area contributed by atoms with Crippen molar-refractivity contribution in [1.82, 2.24) is 9.97 Å². The Morgan fingerprint density at radius 2 is 1.86 bits per heavy atom. The van der Waals surface area contributed by atoms with Crippen molar-refractivity contribution >= 4 is 17.3 Å². The third kappa shape index (κ3) is 4.84. The highest BCUT2D eigenvalue weighted by Gasteiger charge is 2.25. The number of nitrogens with one attached hydrogen (secondary N) is 2. The van der Waals surface area contributed by atoms with Gasteiger partial charge in [0.1, 0.15) is 6.33 Å². The standard InChI is InChI=1S/C14H25N5O2/c1-6-7-15-12-11(19(20)21)13(18-9-17-12)16-8-10(2)14(3,4)5/h9-10H,6-8H2,1-5H3,(H2,15,16,17,18). The fraction of sp³-hybridized carbons (Fsp3) is 0.714. The summed E-state index contributed by atoms with van der Waals surface area (Å²) in [6.07, 6.45) is 2.21. The van der Waals surface area contributed by atoms with Crippen LogP contribution in [-0.4, -0.2) is 28.0 Å². The van der Waals surface area contributed by atoms with Crippen LogP contribution in [0.3, 0.4) is 0 Å². The van der Waals surface area contributed by atoms with Gasteiger partial charge in [0.25, 0.3) is 0 Å². The molecule has 0 aliphatic heterocycles. The molecule has 0 aliphatic carbocycles. The molecule has 7 heteroatoms. The van der Waals surface area contributed by atoms with Gasteiger partial charge < -0.3 is 10.6 Å². The molecule has 7 nitrogen and oxygen atoms in total. The van der Waals surface area contributed by atoms with Crippen molar-refractivity contribution in [2.24, 2.45) is 11.3 Å². The van der Waals surface area contributed by atoms with Crippen LogP contribution in [0.1, 0.15) is 41.0 Å². The molecule has 1 unspecified atom stereocenters. The van der Waals surface area contributed by atoms with Crippen molar-refractivity contribution in [3.8, 4) is 0 Å². The van der Waals surface area contributed by atoms with Gasteiger partial charge >= 0.3 is 5.69 Å². The van der Waals surface area contributed by atoms with Crippen LogP contribution in [0.4, 0.5) is 17.3 Å². The van der Waals surface area contributed by atoms with E-state index in [1.807, 2.05) is 6.92 Å². The molecule has 2 N–H and O–H groups in total. The lowest BCUT2D eigenvalue weighted by Gasteiger charge is -2.27. The lowest BCUT2D eigenvalue weighted by Crippen LogP contribution is -2.25. The van der Waals surface area contributed by atoms with Gasteiger partial charge in [0.2, 0.25) is 11.6 Å². The second kappa shape index (κ2) is 7.19. The van der Waals surface area contributed by atoms with E-state index in [2.05, 4.69) is 48.3 Å². The topological polar surface area (TPSA) is 93.0 Å². The number of hydrogen-bond acceptors (Lipinski definition) is 6. The third-order valence-electron chi connectivity index (χ3n) is 3.60. The Hall–Kier alpha value is -1.92. The quantitative estimate of drug-likeness (QED) is 0.592. The predicted octanol–water partition coefficient (Wildman–Crippen LogP) is 3.30. The van der Waals surface area contributed by atoms with Crippen LogP contribution in [-0.2, 0) is 0 Å². The maximum absolute atomic E-state index is 11.3. The first-order valence-corrected chi connectivity index (χ1v) is 7.24. The Morgan fingerprint density at radius 3 is 2.33 bits per heavy atom. The summed E-state index contributed by atoms with van der Waals surface area (Å²) in [6, 6.07) is 0. The maximum atomic E-state index is 11.3. The largest absolute Gasteiger partial charge is 0.364 e. The first-order valence-electron chi connectivity index (χ1n) is 7.24. The Kier molecular flexibility index (Phi) is 5.87. The van der Waals surface area contributed by atoms with Crippen molar-refractivity contribution in [2.75, 3.05) is 23.7 Å². The van der Waals surface area contributed by atoms with Crippen LogP contribution in [0.25, 0.3) is 0 Å². The van der Waals surface area contributed by atoms with Gasteiger partial charge in [0, 0.05) is 13.1 Å². The number of nitro groups is 1. The molecule has 21 heavy (non-hydrogen) atoms. The Balaban J connectivity index is 2.93. The molecule has 0 amide bonds. The zero-order valence-electron chi connectivity index (χ0n) is 13.4. The summed E-state index contributed by atoms with van der Waals surface area (Å²) in [6.45, 7) is 11.8. The molecule has 0 aromatic carbocycles. The average Bonchev–Trinajstić information content (AvgIpc) is 2.40. The second-order valence-electron chi connectivity index (χ2n) is 6.25. The summed E-state index contributed by atoms with van der Waals surface area (Å²) in [5.41, 5.74) is 0.0324. The number of hydrogen-bond donors (Lipinski definition) is 2. The average molecular weight is 295 g/mol. The Labute approximate surface area is 125 Å². The van der Waals surface area contributed by atoms with E-state index in [0.717, 1.165) is 6.42 Å². The first-order chi connectivity index (χ1) is 9.77. The number of aromatic nitrogens is 2. The van der Waals surface area contributed by atoms with Crippen LogP contribution < -0.4 is 10.6 Å². The molecule has 0 fully saturated rings. The minimum absolute atomic E-state index is 0.0907. The minimum atomic E-state index is -0.442. The molecule has 1 aromatic heterocycles. The summed E-state index contributed by atoms with van der Waals surface area (Å²) < 4.78 is 0. The van der Waals surface area contributed by atoms with Crippen molar-refractivity contribution < 1.29 is 4.92 Å². The second-order valence-corrected chi connectivity index (χ2v) is 6.25. The fourth-order valence-electron chi connectivity index (χ4n) is 1.61. The fourth-order valence-corrected chi connectivity index (χ4v) is 1.61. The lowest BCUT2D eigenvalue weighted by atomic mass is 9.82. The Bertz CT molecular complexity index is 485. The summed E-state index contributed by atoms with van der Waals surface area (Å²) in [4.78, 5) is 18.8. The van der Waals surface area contributed by atoms with E-state index < -0.39 is 4.92 Å². The zero-order chi connectivity index (χ0) is 16.0. The maximum Gasteiger partial charge on any atom is 0.353 e. The first kappa shape index (κ1) is 17.1. The molecule has 1 rings (SSSR count). The smallest absolute Gasteiger partial charge is 0.353 e. The predicted molar refractivity (Wildman–Crippen MR) is 84.6 cm³/mol. The molecular formula is C14H25N5O2. The van der Waals surface area contributed by atoms with E-state index in [4.69, 9.17) is 0 Å². The molecule has 0 spiro atoms. The van der Waals surface area contributed by atoms with E-state index in [-0.39, 0.29) is 22.7 Å². The molecule has 0 saturated heterocycles. The molecule has 1 heterocycles. The van der Waals surface area contributed by atoms with Crippen molar-refractivity contribution in [3.05, 3.63) is 16.4 Å². The van der Waals surface area contributed by atoms with Gasteiger partial charge in [-0.25, -0.2) is 9.97 Å². The molecule has 0 bridgehead atoms. The highest BCUT2D eigenvalue weighted by atomic mass is 16.6. The van der Waals surface area contributed by atoms with E-state index in [1.54, 1.807) is 0 Å². The highest BCUT2D eigenvalue weighted by Crippen LogP contribution is 2.30. The third-order valence-corrected chi connectivity index (χ3v) is 3.60. The molecule has 1 aromatic rings. The summed E-state index contributed by atoms with van der Waals surface area (Å²) in [5.74, 6) is 0.881. The van der Waals surface area contributed by atoms with Gasteiger partial charge in [-0.3, -0.25) is 10.1 Å². The van der Waals surface area contributed by atoms with Crippen LogP contribution in [0.5, 0.6) is 0 Å². The SMILES string of the molecule is CCCNc1ncnc(NCC(C)C(C)(C)C)c1[N+](=O)[O-]. The number of anilines is 2. The van der Waals surface area contributed by atoms with E-state index in [9.17, 15) is 10.1 Å². The van der Waals surface area contributed by atoms with Gasteiger partial charge in [-0.1, -0.05) is 34.6 Å². The molecular weight excluding hydrogens is 270 g/mol. The van der Waals surface area contributed by atoms with Crippen LogP contribution in [0, 0.1) is 21.4 Å². The monoisotopic (exact) mass is 295 g/mol. The molecule has 0 radical (unpaired) electrons. The van der Waals surface area contributed by atoms with E-state index in [1.165, 1.54) is 6.33 Å². The van der Waals surface area contributed by atoms with Crippen LogP contribution >= 0.6 is 0 Å². The van der Waals surface area contributed by atoms with Gasteiger partial charge in [0.05, 0.1) is 4.92 Å². The van der Waals surface area contributed by atoms with Crippen molar-refractivity contribution in [1.29, 1.82) is 0 Å². The van der Waals surface area contributed by atoms with Crippen LogP contribution in [0.15, 0.2) is 6.33 Å². The van der Waals surface area contributed by atoms with Gasteiger partial charge in [-0.05, 0) is 17.8 Å². The van der Waals surface area contributed by atoms with Crippen molar-refractivity contribution in [3.63, 3.8) is 0 Å². The van der Waals surface area contributed by atoms with Gasteiger partial charge in [0.15, 0.2) is 0 Å². The number of nitrogens with zero attached hydrogens (tertiary/aromatic N) is 3. The minimum Gasteiger partial charge on any atom is -0.364 e. The normalized spacial score (nSPS) is 12.8. The summed E-state index contributed by atoms with van der Waals surface area (Å²) in [7, 11) is 0. The van der Waals surface area contributed by atoms with Crippen LogP contribution in [0.2, 0.25) is 0 Å². The van der Waals surface area contributed by atoms with Gasteiger partial charge in [-0.15, -0.1) is 0 Å².